The molecule has 2 heterocycles. The number of cyclic esters (lactones) is 1. The second-order valence-corrected chi connectivity index (χ2v) is 12.4. The molecule has 0 saturated heterocycles. The van der Waals surface area contributed by atoms with Gasteiger partial charge in [0.1, 0.15) is 23.5 Å². The van der Waals surface area contributed by atoms with Gasteiger partial charge in [0.25, 0.3) is 0 Å². The van der Waals surface area contributed by atoms with Crippen molar-refractivity contribution in [2.45, 2.75) is 92.1 Å². The summed E-state index contributed by atoms with van der Waals surface area (Å²) in [6.07, 6.45) is 8.68. The lowest BCUT2D eigenvalue weighted by Crippen LogP contribution is -2.42. The van der Waals surface area contributed by atoms with Crippen LogP contribution in [0.4, 0.5) is 0 Å². The number of hydrogen-bond acceptors (Lipinski definition) is 8. The minimum Gasteiger partial charge on any atom is -0.477 e. The summed E-state index contributed by atoms with van der Waals surface area (Å²) in [5.41, 5.74) is 1.98. The molecular formula is C38H55NO9. The van der Waals surface area contributed by atoms with Crippen LogP contribution in [0.15, 0.2) is 78.0 Å². The van der Waals surface area contributed by atoms with Gasteiger partial charge in [-0.15, -0.1) is 0 Å². The third-order valence-corrected chi connectivity index (χ3v) is 8.43. The first-order valence-corrected chi connectivity index (χ1v) is 15.9. The number of hydrogen-bond donors (Lipinski definition) is 4. The van der Waals surface area contributed by atoms with Crippen LogP contribution in [0.5, 0.6) is 0 Å². The van der Waals surface area contributed by atoms with Crippen molar-refractivity contribution < 1.29 is 43.9 Å². The molecule has 4 N–H and O–H groups in total. The van der Waals surface area contributed by atoms with Gasteiger partial charge >= 0.3 is 17.9 Å². The summed E-state index contributed by atoms with van der Waals surface area (Å²) in [5, 5.41) is 30.0. The van der Waals surface area contributed by atoms with Crippen molar-refractivity contribution in [3.8, 4) is 0 Å². The lowest BCUT2D eigenvalue weighted by atomic mass is 9.72. The van der Waals surface area contributed by atoms with E-state index in [2.05, 4.69) is 9.72 Å². The zero-order valence-corrected chi connectivity index (χ0v) is 28.7. The zero-order valence-electron chi connectivity index (χ0n) is 28.7. The smallest absolute Gasteiger partial charge is 0.352 e. The molecule has 0 fully saturated rings. The van der Waals surface area contributed by atoms with Crippen LogP contribution in [0, 0.1) is 24.7 Å². The number of carboxylic acid groups (broad SMARTS) is 1. The maximum Gasteiger partial charge on any atom is 0.352 e. The van der Waals surface area contributed by atoms with Crippen LogP contribution in [0.1, 0.15) is 87.7 Å². The average Bonchev–Trinajstić information content (AvgIpc) is 3.55. The molecule has 0 amide bonds. The van der Waals surface area contributed by atoms with E-state index < -0.39 is 35.9 Å². The first kappa shape index (κ1) is 42.0. The predicted molar refractivity (Wildman–Crippen MR) is 187 cm³/mol. The van der Waals surface area contributed by atoms with E-state index in [1.807, 2.05) is 64.1 Å². The Morgan fingerprint density at radius 3 is 2.29 bits per heavy atom. The number of allylic oxidation sites excluding steroid dienone is 2. The fourth-order valence-electron chi connectivity index (χ4n) is 5.52. The fourth-order valence-corrected chi connectivity index (χ4v) is 5.52. The highest BCUT2D eigenvalue weighted by molar-refractivity contribution is 5.91. The van der Waals surface area contributed by atoms with Crippen molar-refractivity contribution in [1.82, 2.24) is 4.98 Å². The maximum absolute atomic E-state index is 12.8. The van der Waals surface area contributed by atoms with Crippen LogP contribution in [-0.4, -0.2) is 76.3 Å². The molecule has 0 spiro atoms. The number of nitrogens with one attached hydrogen (secondary N) is 1. The van der Waals surface area contributed by atoms with Gasteiger partial charge in [0.05, 0.1) is 11.7 Å². The molecule has 1 aromatic heterocycles. The van der Waals surface area contributed by atoms with Gasteiger partial charge in [-0.05, 0) is 87.4 Å². The molecule has 4 rings (SSSR count). The van der Waals surface area contributed by atoms with Gasteiger partial charge in [0, 0.05) is 38.7 Å². The summed E-state index contributed by atoms with van der Waals surface area (Å²) in [6, 6.07) is 10.3. The Morgan fingerprint density at radius 1 is 1.10 bits per heavy atom. The van der Waals surface area contributed by atoms with Gasteiger partial charge in [-0.3, -0.25) is 4.79 Å². The first-order chi connectivity index (χ1) is 22.1. The number of aromatic nitrogens is 1. The number of carbonyl (C=O) groups excluding carboxylic acids is 2. The van der Waals surface area contributed by atoms with E-state index >= 15 is 0 Å². The summed E-state index contributed by atoms with van der Waals surface area (Å²) in [6.45, 7) is 11.1. The summed E-state index contributed by atoms with van der Waals surface area (Å²) in [5.74, 6) is -2.30. The minimum atomic E-state index is -1.25. The number of aromatic amines is 1. The Kier molecular flexibility index (Phi) is 17.3. The van der Waals surface area contributed by atoms with Crippen LogP contribution in [0.2, 0.25) is 0 Å². The van der Waals surface area contributed by atoms with E-state index in [0.29, 0.717) is 18.4 Å². The topological polar surface area (TPSA) is 155 Å². The average molecular weight is 670 g/mol. The molecular weight excluding hydrogens is 614 g/mol. The SMILES string of the molecule is C.C/C1=C\C(C)[C@@H](C(C)OC(=O)c2ccccc2C)OC(=O)CCC2C=CC(C[C@H](C)C(C)O)=CC12O.COC.O=C(O)c1ccc[nH]1. The quantitative estimate of drug-likeness (QED) is 0.186. The summed E-state index contributed by atoms with van der Waals surface area (Å²) in [7, 11) is 3.25. The molecule has 10 nitrogen and oxygen atoms in total. The molecule has 1 aliphatic heterocycles. The van der Waals surface area contributed by atoms with Gasteiger partial charge in [-0.2, -0.15) is 0 Å². The molecule has 5 unspecified atom stereocenters. The molecule has 2 aliphatic rings. The van der Waals surface area contributed by atoms with Gasteiger partial charge in [0.2, 0.25) is 0 Å². The van der Waals surface area contributed by atoms with E-state index in [1.54, 1.807) is 52.5 Å². The maximum atomic E-state index is 12.8. The highest BCUT2D eigenvalue weighted by atomic mass is 16.6. The van der Waals surface area contributed by atoms with Crippen molar-refractivity contribution >= 4 is 17.9 Å². The molecule has 266 valence electrons. The Balaban J connectivity index is 0.000000819. The van der Waals surface area contributed by atoms with E-state index in [0.717, 1.165) is 16.7 Å². The highest BCUT2D eigenvalue weighted by Gasteiger charge is 2.40. The number of aliphatic hydroxyl groups excluding tert-OH is 1. The second-order valence-electron chi connectivity index (χ2n) is 12.4. The minimum absolute atomic E-state index is 0. The van der Waals surface area contributed by atoms with Crippen molar-refractivity contribution in [2.75, 3.05) is 14.2 Å². The highest BCUT2D eigenvalue weighted by Crippen LogP contribution is 2.39. The Hall–Kier alpha value is -3.99. The number of carboxylic acids is 1. The van der Waals surface area contributed by atoms with Crippen LogP contribution in [0.3, 0.4) is 0 Å². The van der Waals surface area contributed by atoms with Crippen LogP contribution >= 0.6 is 0 Å². The normalized spacial score (nSPS) is 24.8. The van der Waals surface area contributed by atoms with Gasteiger partial charge in [-0.1, -0.05) is 57.7 Å². The van der Waals surface area contributed by atoms with E-state index in [4.69, 9.17) is 14.6 Å². The number of rotatable bonds is 7. The zero-order chi connectivity index (χ0) is 35.3. The van der Waals surface area contributed by atoms with Gasteiger partial charge in [-0.25, -0.2) is 9.59 Å². The van der Waals surface area contributed by atoms with E-state index in [-0.39, 0.29) is 43.3 Å². The van der Waals surface area contributed by atoms with Crippen molar-refractivity contribution in [1.29, 1.82) is 0 Å². The predicted octanol–water partition coefficient (Wildman–Crippen LogP) is 6.69. The van der Waals surface area contributed by atoms with E-state index in [1.165, 1.54) is 6.07 Å². The molecule has 0 saturated carbocycles. The number of fused-ring (bicyclic) bond motifs is 1. The van der Waals surface area contributed by atoms with E-state index in [9.17, 15) is 24.6 Å². The largest absolute Gasteiger partial charge is 0.477 e. The molecule has 7 atom stereocenters. The second kappa shape index (κ2) is 19.7. The molecule has 0 bridgehead atoms. The van der Waals surface area contributed by atoms with Crippen molar-refractivity contribution in [3.05, 3.63) is 94.9 Å². The fraction of sp³-hybridized carbons (Fsp3) is 0.500. The first-order valence-electron chi connectivity index (χ1n) is 15.9. The van der Waals surface area contributed by atoms with Crippen molar-refractivity contribution in [2.24, 2.45) is 17.8 Å². The number of methoxy groups -OCH3 is 1. The van der Waals surface area contributed by atoms with Gasteiger partial charge in [0.15, 0.2) is 0 Å². The summed E-state index contributed by atoms with van der Waals surface area (Å²) < 4.78 is 15.8. The third kappa shape index (κ3) is 11.9. The van der Waals surface area contributed by atoms with Gasteiger partial charge < -0.3 is 34.5 Å². The summed E-state index contributed by atoms with van der Waals surface area (Å²) >= 11 is 0. The monoisotopic (exact) mass is 669 g/mol. The Bertz CT molecular complexity index is 1410. The standard InChI is InChI=1S/C30H40O6.C5H5NO2.C2H6O.CH4/c1-18-9-7-8-10-26(18)29(33)35-23(6)28-20(3)15-21(4)30(34)17-24(16-19(2)22(5)31)11-12-25(30)13-14-27(32)36-28;7-5(8)4-2-1-3-6-4;1-3-2;/h7-12,15,17,19-20,22-23,25,28,31,34H,13-14,16H2,1-6H3;1-3,6H,(H,7,8);1-2H3;1H4/b21-15+;;;/t19-,20?,22?,23?,25?,28-,30?;;;/m0.../s1. The molecule has 1 aromatic carbocycles. The number of aryl methyl sites for hydroxylation is 1. The van der Waals surface area contributed by atoms with Crippen molar-refractivity contribution in [3.63, 3.8) is 0 Å². The van der Waals surface area contributed by atoms with Crippen LogP contribution < -0.4 is 0 Å². The van der Waals surface area contributed by atoms with Crippen LogP contribution in [-0.2, 0) is 19.0 Å². The summed E-state index contributed by atoms with van der Waals surface area (Å²) in [4.78, 5) is 38.2. The number of carbonyl (C=O) groups is 3. The number of benzene rings is 1. The Morgan fingerprint density at radius 2 is 1.75 bits per heavy atom. The number of aliphatic hydroxyl groups is 2. The molecule has 10 heteroatoms. The molecule has 0 radical (unpaired) electrons. The Labute approximate surface area is 285 Å². The molecule has 2 aromatic rings. The number of aromatic carboxylic acids is 1. The molecule has 1 aliphatic carbocycles. The lowest BCUT2D eigenvalue weighted by Gasteiger charge is -2.39. The number of H-pyrrole nitrogens is 1. The number of ether oxygens (including phenoxy) is 3. The number of esters is 2. The lowest BCUT2D eigenvalue weighted by molar-refractivity contribution is -0.158. The molecule has 48 heavy (non-hydrogen) atoms. The van der Waals surface area contributed by atoms with Crippen LogP contribution in [0.25, 0.3) is 0 Å². The third-order valence-electron chi connectivity index (χ3n) is 8.43.